The molecule has 1 aromatic carbocycles. The van der Waals surface area contributed by atoms with Gasteiger partial charge in [-0.1, -0.05) is 19.6 Å². The molecule has 27 heavy (non-hydrogen) atoms. The average molecular weight is 386 g/mol. The van der Waals surface area contributed by atoms with Crippen molar-refractivity contribution in [3.05, 3.63) is 36.3 Å². The van der Waals surface area contributed by atoms with E-state index in [2.05, 4.69) is 40.1 Å². The minimum absolute atomic E-state index is 0.486. The van der Waals surface area contributed by atoms with E-state index >= 15 is 0 Å². The molecule has 0 amide bonds. The molecule has 0 saturated heterocycles. The van der Waals surface area contributed by atoms with Crippen molar-refractivity contribution in [1.82, 2.24) is 19.7 Å². The van der Waals surface area contributed by atoms with Crippen LogP contribution in [0.4, 0.5) is 11.5 Å². The lowest BCUT2D eigenvalue weighted by Crippen LogP contribution is -2.21. The van der Waals surface area contributed by atoms with E-state index in [0.29, 0.717) is 18.3 Å². The Morgan fingerprint density at radius 2 is 1.96 bits per heavy atom. The number of hydrogen-bond acceptors (Lipinski definition) is 6. The van der Waals surface area contributed by atoms with E-state index in [-0.39, 0.29) is 0 Å². The Hall–Kier alpha value is -2.45. The van der Waals surface area contributed by atoms with Gasteiger partial charge in [0.1, 0.15) is 12.5 Å². The summed E-state index contributed by atoms with van der Waals surface area (Å²) in [6, 6.07) is 8.86. The van der Waals surface area contributed by atoms with Gasteiger partial charge in [-0.25, -0.2) is 4.98 Å². The van der Waals surface area contributed by atoms with Gasteiger partial charge in [-0.15, -0.1) is 5.10 Å². The van der Waals surface area contributed by atoms with Crippen molar-refractivity contribution < 1.29 is 9.47 Å². The van der Waals surface area contributed by atoms with Crippen molar-refractivity contribution in [2.75, 3.05) is 19.0 Å². The Morgan fingerprint density at radius 3 is 2.63 bits per heavy atom. The summed E-state index contributed by atoms with van der Waals surface area (Å²) in [6.07, 6.45) is 1.80. The molecule has 7 nitrogen and oxygen atoms in total. The Balaban J connectivity index is 1.77. The maximum atomic E-state index is 5.86. The van der Waals surface area contributed by atoms with Gasteiger partial charge in [0.2, 0.25) is 0 Å². The fraction of sp³-hybridized carbons (Fsp3) is 0.421. The molecule has 0 unspecified atom stereocenters. The SMILES string of the molecule is COc1cc2c(cc1Nc1ccc(C)nn1)ncn2COCC[Si](C)(C)C. The summed E-state index contributed by atoms with van der Waals surface area (Å²) in [7, 11) is 0.566. The molecule has 144 valence electrons. The van der Waals surface area contributed by atoms with Gasteiger partial charge in [-0.3, -0.25) is 0 Å². The predicted octanol–water partition coefficient (Wildman–Crippen LogP) is 4.20. The Labute approximate surface area is 160 Å². The van der Waals surface area contributed by atoms with E-state index in [9.17, 15) is 0 Å². The number of nitrogens with zero attached hydrogens (tertiary/aromatic N) is 4. The molecule has 0 aliphatic rings. The highest BCUT2D eigenvalue weighted by atomic mass is 28.3. The summed E-state index contributed by atoms with van der Waals surface area (Å²) in [5.74, 6) is 1.38. The maximum Gasteiger partial charge on any atom is 0.153 e. The van der Waals surface area contributed by atoms with Gasteiger partial charge in [0.25, 0.3) is 0 Å². The van der Waals surface area contributed by atoms with Gasteiger partial charge in [0.05, 0.1) is 35.9 Å². The molecule has 0 spiro atoms. The highest BCUT2D eigenvalue weighted by Crippen LogP contribution is 2.31. The van der Waals surface area contributed by atoms with Gasteiger partial charge in [-0.05, 0) is 31.2 Å². The quantitative estimate of drug-likeness (QED) is 0.463. The first kappa shape index (κ1) is 19.3. The monoisotopic (exact) mass is 385 g/mol. The highest BCUT2D eigenvalue weighted by Gasteiger charge is 2.13. The molecular weight excluding hydrogens is 358 g/mol. The summed E-state index contributed by atoms with van der Waals surface area (Å²) in [6.45, 7) is 10.2. The summed E-state index contributed by atoms with van der Waals surface area (Å²) in [5.41, 5.74) is 3.51. The molecule has 8 heteroatoms. The number of benzene rings is 1. The Bertz CT molecular complexity index is 903. The van der Waals surface area contributed by atoms with E-state index in [1.165, 1.54) is 0 Å². The number of hydrogen-bond donors (Lipinski definition) is 1. The zero-order valence-corrected chi connectivity index (χ0v) is 17.6. The Kier molecular flexibility index (Phi) is 5.76. The number of nitrogens with one attached hydrogen (secondary N) is 1. The molecule has 0 bridgehead atoms. The van der Waals surface area contributed by atoms with E-state index in [1.807, 2.05) is 35.8 Å². The van der Waals surface area contributed by atoms with Crippen LogP contribution in [0.1, 0.15) is 5.69 Å². The number of anilines is 2. The second-order valence-corrected chi connectivity index (χ2v) is 13.4. The number of ether oxygens (including phenoxy) is 2. The first-order valence-electron chi connectivity index (χ1n) is 9.04. The van der Waals surface area contributed by atoms with Crippen molar-refractivity contribution in [1.29, 1.82) is 0 Å². The van der Waals surface area contributed by atoms with Crippen LogP contribution in [0.15, 0.2) is 30.6 Å². The van der Waals surface area contributed by atoms with Crippen molar-refractivity contribution in [3.8, 4) is 5.75 Å². The minimum Gasteiger partial charge on any atom is -0.494 e. The van der Waals surface area contributed by atoms with Gasteiger partial charge in [0, 0.05) is 20.7 Å². The van der Waals surface area contributed by atoms with Crippen LogP contribution in [-0.4, -0.2) is 41.5 Å². The summed E-state index contributed by atoms with van der Waals surface area (Å²) >= 11 is 0. The molecule has 1 N–H and O–H groups in total. The summed E-state index contributed by atoms with van der Waals surface area (Å²) in [4.78, 5) is 4.50. The standard InChI is InChI=1S/C19H27N5O2Si/c1-14-6-7-19(23-22-14)21-16-10-15-17(11-18(16)25-2)24(12-20-15)13-26-8-9-27(3,4)5/h6-7,10-12H,8-9,13H2,1-5H3,(H,21,23). The first-order valence-corrected chi connectivity index (χ1v) is 12.7. The summed E-state index contributed by atoms with van der Waals surface area (Å²) in [5, 5.41) is 11.5. The second kappa shape index (κ2) is 8.06. The van der Waals surface area contributed by atoms with Crippen LogP contribution in [0.25, 0.3) is 11.0 Å². The van der Waals surface area contributed by atoms with Gasteiger partial charge < -0.3 is 19.4 Å². The molecule has 0 aliphatic heterocycles. The number of rotatable bonds is 8. The largest absolute Gasteiger partial charge is 0.494 e. The third kappa shape index (κ3) is 5.05. The van der Waals surface area contributed by atoms with Crippen molar-refractivity contribution in [2.45, 2.75) is 39.3 Å². The fourth-order valence-electron chi connectivity index (χ4n) is 2.60. The Morgan fingerprint density at radius 1 is 1.15 bits per heavy atom. The van der Waals surface area contributed by atoms with E-state index in [1.54, 1.807) is 13.4 Å². The number of aryl methyl sites for hydroxylation is 1. The first-order chi connectivity index (χ1) is 12.9. The summed E-state index contributed by atoms with van der Waals surface area (Å²) < 4.78 is 13.4. The van der Waals surface area contributed by atoms with Crippen LogP contribution in [0.3, 0.4) is 0 Å². The third-order valence-electron chi connectivity index (χ3n) is 4.23. The van der Waals surface area contributed by atoms with Crippen molar-refractivity contribution >= 4 is 30.6 Å². The third-order valence-corrected chi connectivity index (χ3v) is 5.93. The molecule has 2 aromatic heterocycles. The van der Waals surface area contributed by atoms with Crippen LogP contribution in [0, 0.1) is 6.92 Å². The smallest absolute Gasteiger partial charge is 0.153 e. The normalized spacial score (nSPS) is 11.7. The van der Waals surface area contributed by atoms with Crippen LogP contribution in [-0.2, 0) is 11.5 Å². The maximum absolute atomic E-state index is 5.86. The fourth-order valence-corrected chi connectivity index (χ4v) is 3.36. The van der Waals surface area contributed by atoms with Gasteiger partial charge in [0.15, 0.2) is 5.82 Å². The van der Waals surface area contributed by atoms with E-state index in [4.69, 9.17) is 9.47 Å². The van der Waals surface area contributed by atoms with Crippen LogP contribution in [0.2, 0.25) is 25.7 Å². The molecule has 0 aliphatic carbocycles. The van der Waals surface area contributed by atoms with Crippen molar-refractivity contribution in [2.24, 2.45) is 0 Å². The van der Waals surface area contributed by atoms with Crippen LogP contribution in [0.5, 0.6) is 5.75 Å². The highest BCUT2D eigenvalue weighted by molar-refractivity contribution is 6.76. The van der Waals surface area contributed by atoms with Crippen LogP contribution >= 0.6 is 0 Å². The lowest BCUT2D eigenvalue weighted by molar-refractivity contribution is 0.0898. The molecule has 0 atom stereocenters. The number of methoxy groups -OCH3 is 1. The molecule has 0 radical (unpaired) electrons. The van der Waals surface area contributed by atoms with E-state index in [0.717, 1.165) is 35.1 Å². The van der Waals surface area contributed by atoms with Crippen LogP contribution < -0.4 is 10.1 Å². The molecule has 0 saturated carbocycles. The minimum atomic E-state index is -1.09. The molecule has 3 aromatic rings. The second-order valence-electron chi connectivity index (χ2n) is 7.79. The topological polar surface area (TPSA) is 74.1 Å². The zero-order valence-electron chi connectivity index (χ0n) is 16.6. The average Bonchev–Trinajstić information content (AvgIpc) is 3.01. The van der Waals surface area contributed by atoms with Gasteiger partial charge in [-0.2, -0.15) is 5.10 Å². The molecular formula is C19H27N5O2Si. The number of imidazole rings is 1. The van der Waals surface area contributed by atoms with Crippen molar-refractivity contribution in [3.63, 3.8) is 0 Å². The zero-order chi connectivity index (χ0) is 19.4. The molecule has 2 heterocycles. The predicted molar refractivity (Wildman–Crippen MR) is 110 cm³/mol. The van der Waals surface area contributed by atoms with Gasteiger partial charge >= 0.3 is 0 Å². The van der Waals surface area contributed by atoms with E-state index < -0.39 is 8.07 Å². The number of aromatic nitrogens is 4. The molecule has 0 fully saturated rings. The molecule has 3 rings (SSSR count). The lowest BCUT2D eigenvalue weighted by atomic mass is 10.2. The number of fused-ring (bicyclic) bond motifs is 1. The lowest BCUT2D eigenvalue weighted by Gasteiger charge is -2.16.